The summed E-state index contributed by atoms with van der Waals surface area (Å²) in [5.41, 5.74) is 2.82. The van der Waals surface area contributed by atoms with Gasteiger partial charge in [-0.1, -0.05) is 13.0 Å². The third-order valence-corrected chi connectivity index (χ3v) is 5.50. The summed E-state index contributed by atoms with van der Waals surface area (Å²) in [6.45, 7) is 6.72. The van der Waals surface area contributed by atoms with Crippen molar-refractivity contribution < 1.29 is 0 Å². The van der Waals surface area contributed by atoms with Crippen molar-refractivity contribution in [1.29, 1.82) is 0 Å². The number of thiazole rings is 1. The summed E-state index contributed by atoms with van der Waals surface area (Å²) in [7, 11) is 0. The average molecular weight is 260 g/mol. The Hall–Kier alpha value is -0.930. The fourth-order valence-corrected chi connectivity index (χ4v) is 4.26. The summed E-state index contributed by atoms with van der Waals surface area (Å²) in [6, 6.07) is 6.59. The van der Waals surface area contributed by atoms with Crippen molar-refractivity contribution >= 4 is 21.6 Å². The van der Waals surface area contributed by atoms with Gasteiger partial charge in [-0.25, -0.2) is 4.98 Å². The highest BCUT2D eigenvalue weighted by Crippen LogP contribution is 2.40. The zero-order valence-electron chi connectivity index (χ0n) is 11.1. The molecule has 0 spiro atoms. The lowest BCUT2D eigenvalue weighted by Crippen LogP contribution is -2.39. The number of rotatable bonds is 2. The van der Waals surface area contributed by atoms with E-state index in [1.54, 1.807) is 0 Å². The molecule has 3 rings (SSSR count). The number of aryl methyl sites for hydroxylation is 1. The molecule has 0 radical (unpaired) electrons. The summed E-state index contributed by atoms with van der Waals surface area (Å²) >= 11 is 1.90. The van der Waals surface area contributed by atoms with E-state index in [0.717, 1.165) is 13.1 Å². The fraction of sp³-hybridized carbons (Fsp3) is 0.533. The molecule has 2 aromatic rings. The van der Waals surface area contributed by atoms with Gasteiger partial charge in [0.1, 0.15) is 5.01 Å². The van der Waals surface area contributed by atoms with E-state index >= 15 is 0 Å². The van der Waals surface area contributed by atoms with Gasteiger partial charge in [0.2, 0.25) is 0 Å². The molecule has 1 aliphatic heterocycles. The van der Waals surface area contributed by atoms with E-state index in [9.17, 15) is 0 Å². The van der Waals surface area contributed by atoms with Crippen LogP contribution in [0.2, 0.25) is 0 Å². The molecule has 1 aliphatic rings. The number of fused-ring (bicyclic) bond motifs is 1. The van der Waals surface area contributed by atoms with Gasteiger partial charge in [0.15, 0.2) is 0 Å². The van der Waals surface area contributed by atoms with Crippen molar-refractivity contribution in [3.8, 4) is 0 Å². The zero-order chi connectivity index (χ0) is 12.6. The molecule has 0 unspecified atom stereocenters. The SMILES string of the molecule is CCC1(c2nc3ccc(C)cc3s2)CCNCC1. The van der Waals surface area contributed by atoms with Crippen molar-refractivity contribution in [3.05, 3.63) is 28.8 Å². The average Bonchev–Trinajstić information content (AvgIpc) is 2.83. The van der Waals surface area contributed by atoms with Crippen molar-refractivity contribution in [2.75, 3.05) is 13.1 Å². The molecular weight excluding hydrogens is 240 g/mol. The highest BCUT2D eigenvalue weighted by Gasteiger charge is 2.34. The first-order valence-electron chi connectivity index (χ1n) is 6.82. The Morgan fingerprint density at radius 3 is 2.83 bits per heavy atom. The molecule has 0 amide bonds. The van der Waals surface area contributed by atoms with Gasteiger partial charge in [-0.3, -0.25) is 0 Å². The van der Waals surface area contributed by atoms with Crippen LogP contribution < -0.4 is 5.32 Å². The number of hydrogen-bond donors (Lipinski definition) is 1. The van der Waals surface area contributed by atoms with Gasteiger partial charge in [0.05, 0.1) is 10.2 Å². The third kappa shape index (κ3) is 1.95. The maximum atomic E-state index is 4.91. The number of aromatic nitrogens is 1. The van der Waals surface area contributed by atoms with E-state index in [1.807, 2.05) is 11.3 Å². The Morgan fingerprint density at radius 1 is 1.33 bits per heavy atom. The van der Waals surface area contributed by atoms with Crippen molar-refractivity contribution in [1.82, 2.24) is 10.3 Å². The summed E-state index contributed by atoms with van der Waals surface area (Å²) in [5, 5.41) is 4.82. The van der Waals surface area contributed by atoms with E-state index in [-0.39, 0.29) is 0 Å². The normalized spacial score (nSPS) is 19.2. The van der Waals surface area contributed by atoms with E-state index in [0.29, 0.717) is 5.41 Å². The Labute approximate surface area is 112 Å². The minimum Gasteiger partial charge on any atom is -0.317 e. The fourth-order valence-electron chi connectivity index (χ4n) is 2.88. The van der Waals surface area contributed by atoms with Gasteiger partial charge < -0.3 is 5.32 Å². The molecule has 2 nitrogen and oxygen atoms in total. The molecule has 1 aromatic carbocycles. The number of nitrogens with zero attached hydrogens (tertiary/aromatic N) is 1. The monoisotopic (exact) mass is 260 g/mol. The minimum atomic E-state index is 0.322. The summed E-state index contributed by atoms with van der Waals surface area (Å²) in [5.74, 6) is 0. The maximum Gasteiger partial charge on any atom is 0.100 e. The molecule has 0 bridgehead atoms. The highest BCUT2D eigenvalue weighted by molar-refractivity contribution is 7.18. The summed E-state index contributed by atoms with van der Waals surface area (Å²) < 4.78 is 1.34. The van der Waals surface area contributed by atoms with Crippen LogP contribution in [0.1, 0.15) is 36.8 Å². The number of nitrogens with one attached hydrogen (secondary N) is 1. The number of benzene rings is 1. The molecule has 1 N–H and O–H groups in total. The Balaban J connectivity index is 2.06. The van der Waals surface area contributed by atoms with Crippen LogP contribution in [0.15, 0.2) is 18.2 Å². The smallest absolute Gasteiger partial charge is 0.100 e. The van der Waals surface area contributed by atoms with Crippen LogP contribution in [0.4, 0.5) is 0 Å². The molecular formula is C15H20N2S. The summed E-state index contributed by atoms with van der Waals surface area (Å²) in [4.78, 5) is 4.91. The lowest BCUT2D eigenvalue weighted by atomic mass is 9.77. The lowest BCUT2D eigenvalue weighted by molar-refractivity contribution is 0.297. The second kappa shape index (κ2) is 4.63. The molecule has 1 aromatic heterocycles. The van der Waals surface area contributed by atoms with Crippen LogP contribution in [0.3, 0.4) is 0 Å². The Bertz CT molecular complexity index is 553. The van der Waals surface area contributed by atoms with E-state index in [1.165, 1.54) is 40.1 Å². The molecule has 3 heteroatoms. The van der Waals surface area contributed by atoms with Gasteiger partial charge >= 0.3 is 0 Å². The molecule has 96 valence electrons. The first-order valence-corrected chi connectivity index (χ1v) is 7.63. The lowest BCUT2D eigenvalue weighted by Gasteiger charge is -2.34. The van der Waals surface area contributed by atoms with Crippen LogP contribution >= 0.6 is 11.3 Å². The van der Waals surface area contributed by atoms with Crippen LogP contribution in [0, 0.1) is 6.92 Å². The quantitative estimate of drug-likeness (QED) is 0.892. The van der Waals surface area contributed by atoms with E-state index in [2.05, 4.69) is 37.4 Å². The molecule has 2 heterocycles. The second-order valence-corrected chi connectivity index (χ2v) is 6.40. The molecule has 0 atom stereocenters. The first-order chi connectivity index (χ1) is 8.73. The molecule has 1 fully saturated rings. The van der Waals surface area contributed by atoms with Gasteiger partial charge in [0, 0.05) is 5.41 Å². The van der Waals surface area contributed by atoms with Crippen LogP contribution in [-0.2, 0) is 5.41 Å². The summed E-state index contributed by atoms with van der Waals surface area (Å²) in [6.07, 6.45) is 3.65. The Morgan fingerprint density at radius 2 is 2.11 bits per heavy atom. The van der Waals surface area contributed by atoms with Crippen LogP contribution in [0.5, 0.6) is 0 Å². The molecule has 1 saturated heterocycles. The molecule has 0 saturated carbocycles. The van der Waals surface area contributed by atoms with Gasteiger partial charge in [0.25, 0.3) is 0 Å². The molecule has 0 aliphatic carbocycles. The van der Waals surface area contributed by atoms with Crippen molar-refractivity contribution in [3.63, 3.8) is 0 Å². The third-order valence-electron chi connectivity index (χ3n) is 4.24. The van der Waals surface area contributed by atoms with Crippen LogP contribution in [0.25, 0.3) is 10.2 Å². The topological polar surface area (TPSA) is 24.9 Å². The minimum absolute atomic E-state index is 0.322. The second-order valence-electron chi connectivity index (χ2n) is 5.37. The standard InChI is InChI=1S/C15H20N2S/c1-3-15(6-8-16-9-7-15)14-17-12-5-4-11(2)10-13(12)18-14/h4-5,10,16H,3,6-9H2,1-2H3. The van der Waals surface area contributed by atoms with Gasteiger partial charge in [-0.15, -0.1) is 11.3 Å². The number of piperidine rings is 1. The zero-order valence-corrected chi connectivity index (χ0v) is 11.9. The first kappa shape index (κ1) is 12.1. The van der Waals surface area contributed by atoms with Gasteiger partial charge in [-0.05, 0) is 57.0 Å². The molecule has 18 heavy (non-hydrogen) atoms. The predicted molar refractivity (Wildman–Crippen MR) is 78.4 cm³/mol. The van der Waals surface area contributed by atoms with Crippen molar-refractivity contribution in [2.24, 2.45) is 0 Å². The van der Waals surface area contributed by atoms with Gasteiger partial charge in [-0.2, -0.15) is 0 Å². The van der Waals surface area contributed by atoms with E-state index in [4.69, 9.17) is 4.98 Å². The largest absolute Gasteiger partial charge is 0.317 e. The number of hydrogen-bond acceptors (Lipinski definition) is 3. The predicted octanol–water partition coefficient (Wildman–Crippen LogP) is 3.64. The van der Waals surface area contributed by atoms with Crippen molar-refractivity contribution in [2.45, 2.75) is 38.5 Å². The maximum absolute atomic E-state index is 4.91. The van der Waals surface area contributed by atoms with Crippen LogP contribution in [-0.4, -0.2) is 18.1 Å². The Kier molecular flexibility index (Phi) is 3.12. The highest BCUT2D eigenvalue weighted by atomic mass is 32.1. The van der Waals surface area contributed by atoms with E-state index < -0.39 is 0 Å².